The van der Waals surface area contributed by atoms with Gasteiger partial charge >= 0.3 is 0 Å². The van der Waals surface area contributed by atoms with Crippen LogP contribution >= 0.6 is 0 Å². The molecule has 1 amide bonds. The molecule has 1 aromatic heterocycles. The fourth-order valence-corrected chi connectivity index (χ4v) is 3.84. The van der Waals surface area contributed by atoms with Gasteiger partial charge in [-0.05, 0) is 54.3 Å². The summed E-state index contributed by atoms with van der Waals surface area (Å²) < 4.78 is 5.14. The Hall–Kier alpha value is -2.60. The number of H-pyrrole nitrogens is 1. The summed E-state index contributed by atoms with van der Waals surface area (Å²) in [4.78, 5) is 30.0. The molecule has 0 bridgehead atoms. The molecule has 25 heavy (non-hydrogen) atoms. The lowest BCUT2D eigenvalue weighted by Gasteiger charge is -2.23. The zero-order valence-corrected chi connectivity index (χ0v) is 14.1. The van der Waals surface area contributed by atoms with Crippen LogP contribution in [0.25, 0.3) is 11.3 Å². The van der Waals surface area contributed by atoms with Gasteiger partial charge in [-0.25, -0.2) is 0 Å². The highest BCUT2D eigenvalue weighted by Gasteiger charge is 2.40. The number of ether oxygens (including phenoxy) is 1. The van der Waals surface area contributed by atoms with Crippen molar-refractivity contribution in [3.63, 3.8) is 0 Å². The van der Waals surface area contributed by atoms with Crippen molar-refractivity contribution >= 4 is 5.91 Å². The van der Waals surface area contributed by atoms with Crippen LogP contribution in [-0.4, -0.2) is 48.6 Å². The number of hydrogen-bond donors (Lipinski definition) is 2. The maximum atomic E-state index is 12.8. The third-order valence-corrected chi connectivity index (χ3v) is 5.25. The van der Waals surface area contributed by atoms with Crippen molar-refractivity contribution in [2.75, 3.05) is 26.7 Å². The van der Waals surface area contributed by atoms with Crippen LogP contribution in [0.2, 0.25) is 0 Å². The Balaban J connectivity index is 1.59. The summed E-state index contributed by atoms with van der Waals surface area (Å²) in [7, 11) is 1.61. The second-order valence-electron chi connectivity index (χ2n) is 6.62. The van der Waals surface area contributed by atoms with Gasteiger partial charge in [0.15, 0.2) is 0 Å². The first-order chi connectivity index (χ1) is 12.2. The van der Waals surface area contributed by atoms with Gasteiger partial charge < -0.3 is 19.9 Å². The number of aromatic nitrogens is 1. The Labute approximate surface area is 145 Å². The van der Waals surface area contributed by atoms with E-state index in [1.807, 2.05) is 29.2 Å². The summed E-state index contributed by atoms with van der Waals surface area (Å²) in [6.45, 7) is 2.51. The van der Waals surface area contributed by atoms with Gasteiger partial charge in [0.2, 0.25) is 0 Å². The van der Waals surface area contributed by atoms with Crippen molar-refractivity contribution in [2.45, 2.75) is 12.5 Å². The lowest BCUT2D eigenvalue weighted by Crippen LogP contribution is -2.41. The van der Waals surface area contributed by atoms with Crippen LogP contribution in [0.15, 0.2) is 41.2 Å². The summed E-state index contributed by atoms with van der Waals surface area (Å²) in [6, 6.07) is 11.1. The fourth-order valence-electron chi connectivity index (χ4n) is 3.84. The lowest BCUT2D eigenvalue weighted by atomic mass is 10.0. The van der Waals surface area contributed by atoms with E-state index in [2.05, 4.69) is 10.3 Å². The molecule has 0 saturated carbocycles. The maximum absolute atomic E-state index is 12.8. The van der Waals surface area contributed by atoms with Gasteiger partial charge in [0, 0.05) is 31.4 Å². The number of carbonyl (C=O) groups excluding carboxylic acids is 1. The number of aromatic amines is 1. The summed E-state index contributed by atoms with van der Waals surface area (Å²) >= 11 is 0. The van der Waals surface area contributed by atoms with E-state index < -0.39 is 0 Å². The number of benzene rings is 1. The SMILES string of the molecule is COc1ccc(-c2ccc(C(=O)N3CC[C@@H]4CNC[C@@H]43)c(=O)[nH]2)cc1. The van der Waals surface area contributed by atoms with Gasteiger partial charge in [-0.3, -0.25) is 9.59 Å². The number of fused-ring (bicyclic) bond motifs is 1. The van der Waals surface area contributed by atoms with Gasteiger partial charge in [-0.1, -0.05) is 0 Å². The molecule has 0 aliphatic carbocycles. The molecule has 2 fully saturated rings. The minimum atomic E-state index is -0.340. The van der Waals surface area contributed by atoms with Gasteiger partial charge in [0.25, 0.3) is 11.5 Å². The zero-order chi connectivity index (χ0) is 17.4. The van der Waals surface area contributed by atoms with Crippen molar-refractivity contribution in [3.05, 3.63) is 52.3 Å². The van der Waals surface area contributed by atoms with E-state index in [-0.39, 0.29) is 23.1 Å². The first kappa shape index (κ1) is 15.9. The van der Waals surface area contributed by atoms with E-state index in [0.29, 0.717) is 11.6 Å². The quantitative estimate of drug-likeness (QED) is 0.888. The highest BCUT2D eigenvalue weighted by molar-refractivity contribution is 5.94. The van der Waals surface area contributed by atoms with E-state index in [9.17, 15) is 9.59 Å². The minimum absolute atomic E-state index is 0.168. The van der Waals surface area contributed by atoms with E-state index >= 15 is 0 Å². The molecule has 2 aliphatic rings. The monoisotopic (exact) mass is 339 g/mol. The Kier molecular flexibility index (Phi) is 4.05. The number of hydrogen-bond acceptors (Lipinski definition) is 4. The first-order valence-corrected chi connectivity index (χ1v) is 8.57. The molecule has 0 unspecified atom stereocenters. The molecule has 3 heterocycles. The van der Waals surface area contributed by atoms with Crippen LogP contribution in [0, 0.1) is 5.92 Å². The second-order valence-corrected chi connectivity index (χ2v) is 6.62. The number of nitrogens with zero attached hydrogens (tertiary/aromatic N) is 1. The molecule has 1 aromatic carbocycles. The molecule has 130 valence electrons. The fraction of sp³-hybridized carbons (Fsp3) is 0.368. The van der Waals surface area contributed by atoms with Crippen LogP contribution in [0.3, 0.4) is 0 Å². The number of amides is 1. The van der Waals surface area contributed by atoms with Crippen molar-refractivity contribution in [1.29, 1.82) is 0 Å². The number of carbonyl (C=O) groups is 1. The number of rotatable bonds is 3. The van der Waals surface area contributed by atoms with Crippen molar-refractivity contribution < 1.29 is 9.53 Å². The molecule has 0 spiro atoms. The van der Waals surface area contributed by atoms with Gasteiger partial charge in [0.1, 0.15) is 11.3 Å². The standard InChI is InChI=1S/C19H21N3O3/c1-25-14-4-2-12(3-5-14)16-7-6-15(18(23)21-16)19(24)22-9-8-13-10-20-11-17(13)22/h2-7,13,17,20H,8-11H2,1H3,(H,21,23)/t13-,17+/m1/s1. The molecule has 2 N–H and O–H groups in total. The Morgan fingerprint density at radius 2 is 1.96 bits per heavy atom. The van der Waals surface area contributed by atoms with E-state index in [1.54, 1.807) is 19.2 Å². The largest absolute Gasteiger partial charge is 0.497 e. The lowest BCUT2D eigenvalue weighted by molar-refractivity contribution is 0.0735. The highest BCUT2D eigenvalue weighted by atomic mass is 16.5. The molecule has 2 aliphatic heterocycles. The average Bonchev–Trinajstić information content (AvgIpc) is 3.25. The number of likely N-dealkylation sites (tertiary alicyclic amines) is 1. The smallest absolute Gasteiger partial charge is 0.261 e. The number of methoxy groups -OCH3 is 1. The Morgan fingerprint density at radius 1 is 1.16 bits per heavy atom. The first-order valence-electron chi connectivity index (χ1n) is 8.57. The van der Waals surface area contributed by atoms with Crippen LogP contribution in [0.5, 0.6) is 5.75 Å². The summed E-state index contributed by atoms with van der Waals surface area (Å²) in [5.41, 5.74) is 1.43. The molecular formula is C19H21N3O3. The Bertz CT molecular complexity index is 844. The van der Waals surface area contributed by atoms with Crippen LogP contribution in [0.4, 0.5) is 0 Å². The molecular weight excluding hydrogens is 318 g/mol. The van der Waals surface area contributed by atoms with E-state index in [4.69, 9.17) is 4.74 Å². The molecule has 6 nitrogen and oxygen atoms in total. The normalized spacial score (nSPS) is 22.0. The van der Waals surface area contributed by atoms with E-state index in [0.717, 1.165) is 37.4 Å². The maximum Gasteiger partial charge on any atom is 0.261 e. The van der Waals surface area contributed by atoms with Gasteiger partial charge in [-0.2, -0.15) is 0 Å². The highest BCUT2D eigenvalue weighted by Crippen LogP contribution is 2.28. The van der Waals surface area contributed by atoms with Crippen molar-refractivity contribution in [1.82, 2.24) is 15.2 Å². The van der Waals surface area contributed by atoms with Gasteiger partial charge in [-0.15, -0.1) is 0 Å². The predicted octanol–water partition coefficient (Wildman–Crippen LogP) is 1.48. The van der Waals surface area contributed by atoms with Gasteiger partial charge in [0.05, 0.1) is 7.11 Å². The average molecular weight is 339 g/mol. The van der Waals surface area contributed by atoms with Crippen LogP contribution in [-0.2, 0) is 0 Å². The molecule has 2 aromatic rings. The Morgan fingerprint density at radius 3 is 2.68 bits per heavy atom. The molecule has 2 atom stereocenters. The van der Waals surface area contributed by atoms with Crippen molar-refractivity contribution in [2.24, 2.45) is 5.92 Å². The summed E-state index contributed by atoms with van der Waals surface area (Å²) in [5.74, 6) is 1.10. The van der Waals surface area contributed by atoms with Crippen LogP contribution < -0.4 is 15.6 Å². The molecule has 4 rings (SSSR count). The molecule has 2 saturated heterocycles. The number of nitrogens with one attached hydrogen (secondary N) is 2. The summed E-state index contributed by atoms with van der Waals surface area (Å²) in [6.07, 6.45) is 1.01. The molecule has 6 heteroatoms. The van der Waals surface area contributed by atoms with Crippen LogP contribution in [0.1, 0.15) is 16.8 Å². The predicted molar refractivity (Wildman–Crippen MR) is 94.9 cm³/mol. The molecule has 0 radical (unpaired) electrons. The minimum Gasteiger partial charge on any atom is -0.497 e. The third-order valence-electron chi connectivity index (χ3n) is 5.25. The second kappa shape index (κ2) is 6.37. The third kappa shape index (κ3) is 2.82. The van der Waals surface area contributed by atoms with E-state index in [1.165, 1.54) is 0 Å². The topological polar surface area (TPSA) is 74.4 Å². The van der Waals surface area contributed by atoms with Crippen molar-refractivity contribution in [3.8, 4) is 17.0 Å². The summed E-state index contributed by atoms with van der Waals surface area (Å²) in [5, 5.41) is 3.33. The number of pyridine rings is 1. The zero-order valence-electron chi connectivity index (χ0n) is 14.1.